The summed E-state index contributed by atoms with van der Waals surface area (Å²) in [5.74, 6) is 0. The van der Waals surface area contributed by atoms with Gasteiger partial charge in [-0.15, -0.1) is 0 Å². The Morgan fingerprint density at radius 3 is 1.94 bits per heavy atom. The lowest BCUT2D eigenvalue weighted by molar-refractivity contribution is 0.726. The van der Waals surface area contributed by atoms with Gasteiger partial charge in [-0.05, 0) is 49.9 Å². The summed E-state index contributed by atoms with van der Waals surface area (Å²) in [6.45, 7) is 6.80. The molecule has 1 aliphatic heterocycles. The first kappa shape index (κ1) is 12.0. The Morgan fingerprint density at radius 2 is 1.44 bits per heavy atom. The molecular weight excluding hydrogens is 262 g/mol. The molecule has 0 aromatic heterocycles. The zero-order chi connectivity index (χ0) is 11.5. The Bertz CT molecular complexity index is 342. The lowest BCUT2D eigenvalue weighted by atomic mass is 10.1. The first-order chi connectivity index (χ1) is 7.68. The number of hydrogen-bond donors (Lipinski definition) is 0. The zero-order valence-electron chi connectivity index (χ0n) is 10.2. The predicted octanol–water partition coefficient (Wildman–Crippen LogP) is 4.45. The quantitative estimate of drug-likeness (QED) is 0.735. The molecule has 0 bridgehead atoms. The highest BCUT2D eigenvalue weighted by Crippen LogP contribution is 2.28. The maximum Gasteiger partial charge on any atom is 0.0372 e. The Balaban J connectivity index is 2.25. The van der Waals surface area contributed by atoms with Crippen molar-refractivity contribution in [1.29, 1.82) is 0 Å². The van der Waals surface area contributed by atoms with Gasteiger partial charge in [-0.3, -0.25) is 0 Å². The van der Waals surface area contributed by atoms with Crippen LogP contribution < -0.4 is 4.90 Å². The zero-order valence-corrected chi connectivity index (χ0v) is 11.8. The molecule has 0 atom stereocenters. The van der Waals surface area contributed by atoms with E-state index in [9.17, 15) is 0 Å². The third-order valence-electron chi connectivity index (χ3n) is 3.39. The summed E-state index contributed by atoms with van der Waals surface area (Å²) in [6.07, 6.45) is 5.47. The molecule has 2 heteroatoms. The van der Waals surface area contributed by atoms with Crippen LogP contribution in [0.15, 0.2) is 16.6 Å². The van der Waals surface area contributed by atoms with E-state index < -0.39 is 0 Å². The van der Waals surface area contributed by atoms with Gasteiger partial charge in [-0.25, -0.2) is 0 Å². The average molecular weight is 282 g/mol. The molecule has 1 nitrogen and oxygen atoms in total. The van der Waals surface area contributed by atoms with E-state index >= 15 is 0 Å². The fraction of sp³-hybridized carbons (Fsp3) is 0.571. The number of benzene rings is 1. The van der Waals surface area contributed by atoms with Crippen molar-refractivity contribution in [3.05, 3.63) is 27.7 Å². The minimum absolute atomic E-state index is 1.22. The minimum Gasteiger partial charge on any atom is -0.372 e. The maximum atomic E-state index is 3.63. The summed E-state index contributed by atoms with van der Waals surface area (Å²) < 4.78 is 1.26. The Labute approximate surface area is 107 Å². The van der Waals surface area contributed by atoms with E-state index in [2.05, 4.69) is 46.8 Å². The van der Waals surface area contributed by atoms with Crippen LogP contribution >= 0.6 is 15.9 Å². The van der Waals surface area contributed by atoms with E-state index in [1.165, 1.54) is 60.1 Å². The van der Waals surface area contributed by atoms with Crippen LogP contribution in [0.3, 0.4) is 0 Å². The standard InChI is InChI=1S/C14H20BrN/c1-11-9-13(10-12(2)14(11)15)16-7-5-3-4-6-8-16/h9-10H,3-8H2,1-2H3. The highest BCUT2D eigenvalue weighted by molar-refractivity contribution is 9.10. The van der Waals surface area contributed by atoms with Crippen LogP contribution in [-0.4, -0.2) is 13.1 Å². The topological polar surface area (TPSA) is 3.24 Å². The van der Waals surface area contributed by atoms with Gasteiger partial charge in [0.25, 0.3) is 0 Å². The highest BCUT2D eigenvalue weighted by atomic mass is 79.9. The number of aryl methyl sites for hydroxylation is 2. The number of hydrogen-bond acceptors (Lipinski definition) is 1. The van der Waals surface area contributed by atoms with Gasteiger partial charge >= 0.3 is 0 Å². The molecule has 1 aromatic rings. The molecule has 1 heterocycles. The van der Waals surface area contributed by atoms with Crippen molar-refractivity contribution in [3.63, 3.8) is 0 Å². The maximum absolute atomic E-state index is 3.63. The third kappa shape index (κ3) is 2.60. The minimum atomic E-state index is 1.22. The summed E-state index contributed by atoms with van der Waals surface area (Å²) in [4.78, 5) is 2.54. The molecule has 1 aromatic carbocycles. The first-order valence-corrected chi connectivity index (χ1v) is 6.99. The molecule has 16 heavy (non-hydrogen) atoms. The third-order valence-corrected chi connectivity index (χ3v) is 4.64. The normalized spacial score (nSPS) is 17.3. The van der Waals surface area contributed by atoms with Gasteiger partial charge in [-0.1, -0.05) is 28.8 Å². The number of anilines is 1. The van der Waals surface area contributed by atoms with Crippen LogP contribution in [0.4, 0.5) is 5.69 Å². The molecule has 0 aliphatic carbocycles. The van der Waals surface area contributed by atoms with Gasteiger partial charge in [0.1, 0.15) is 0 Å². The lowest BCUT2D eigenvalue weighted by Crippen LogP contribution is -2.24. The second-order valence-electron chi connectivity index (χ2n) is 4.79. The van der Waals surface area contributed by atoms with E-state index in [4.69, 9.17) is 0 Å². The van der Waals surface area contributed by atoms with E-state index in [-0.39, 0.29) is 0 Å². The SMILES string of the molecule is Cc1cc(N2CCCCCC2)cc(C)c1Br. The van der Waals surface area contributed by atoms with Gasteiger partial charge in [0.05, 0.1) is 0 Å². The second kappa shape index (κ2) is 5.22. The number of halogens is 1. The van der Waals surface area contributed by atoms with Crippen LogP contribution in [0.25, 0.3) is 0 Å². The van der Waals surface area contributed by atoms with E-state index in [1.807, 2.05) is 0 Å². The van der Waals surface area contributed by atoms with Crippen LogP contribution in [0.5, 0.6) is 0 Å². The molecule has 0 saturated carbocycles. The van der Waals surface area contributed by atoms with E-state index in [0.717, 1.165) is 0 Å². The fourth-order valence-electron chi connectivity index (χ4n) is 2.43. The summed E-state index contributed by atoms with van der Waals surface area (Å²) in [5.41, 5.74) is 4.10. The lowest BCUT2D eigenvalue weighted by Gasteiger charge is -2.24. The Morgan fingerprint density at radius 1 is 0.938 bits per heavy atom. The van der Waals surface area contributed by atoms with Crippen molar-refractivity contribution in [3.8, 4) is 0 Å². The van der Waals surface area contributed by atoms with Crippen LogP contribution in [0.2, 0.25) is 0 Å². The van der Waals surface area contributed by atoms with Crippen molar-refractivity contribution < 1.29 is 0 Å². The monoisotopic (exact) mass is 281 g/mol. The largest absolute Gasteiger partial charge is 0.372 e. The first-order valence-electron chi connectivity index (χ1n) is 6.20. The fourth-order valence-corrected chi connectivity index (χ4v) is 2.66. The Hall–Kier alpha value is -0.500. The molecule has 88 valence electrons. The summed E-state index contributed by atoms with van der Waals surface area (Å²) in [5, 5.41) is 0. The second-order valence-corrected chi connectivity index (χ2v) is 5.59. The average Bonchev–Trinajstić information content (AvgIpc) is 2.53. The highest BCUT2D eigenvalue weighted by Gasteiger charge is 2.11. The van der Waals surface area contributed by atoms with Crippen molar-refractivity contribution in [1.82, 2.24) is 0 Å². The summed E-state index contributed by atoms with van der Waals surface area (Å²) >= 11 is 3.63. The Kier molecular flexibility index (Phi) is 3.91. The van der Waals surface area contributed by atoms with Crippen molar-refractivity contribution in [2.75, 3.05) is 18.0 Å². The molecule has 0 amide bonds. The van der Waals surface area contributed by atoms with Gasteiger partial charge in [0.2, 0.25) is 0 Å². The van der Waals surface area contributed by atoms with Crippen LogP contribution in [0, 0.1) is 13.8 Å². The van der Waals surface area contributed by atoms with Crippen molar-refractivity contribution in [2.45, 2.75) is 39.5 Å². The molecular formula is C14H20BrN. The molecule has 1 aliphatic rings. The van der Waals surface area contributed by atoms with Gasteiger partial charge in [0.15, 0.2) is 0 Å². The van der Waals surface area contributed by atoms with Gasteiger partial charge in [-0.2, -0.15) is 0 Å². The van der Waals surface area contributed by atoms with Gasteiger partial charge < -0.3 is 4.90 Å². The van der Waals surface area contributed by atoms with Gasteiger partial charge in [0, 0.05) is 23.2 Å². The van der Waals surface area contributed by atoms with Crippen molar-refractivity contribution in [2.24, 2.45) is 0 Å². The van der Waals surface area contributed by atoms with E-state index in [1.54, 1.807) is 0 Å². The van der Waals surface area contributed by atoms with Crippen molar-refractivity contribution >= 4 is 21.6 Å². The van der Waals surface area contributed by atoms with Crippen LogP contribution in [-0.2, 0) is 0 Å². The molecule has 0 radical (unpaired) electrons. The van der Waals surface area contributed by atoms with Crippen LogP contribution in [0.1, 0.15) is 36.8 Å². The molecule has 2 rings (SSSR count). The molecule has 0 unspecified atom stereocenters. The molecule has 0 spiro atoms. The van der Waals surface area contributed by atoms with E-state index in [0.29, 0.717) is 0 Å². The number of rotatable bonds is 1. The predicted molar refractivity (Wildman–Crippen MR) is 74.3 cm³/mol. The molecule has 0 N–H and O–H groups in total. The number of nitrogens with zero attached hydrogens (tertiary/aromatic N) is 1. The molecule has 1 saturated heterocycles. The summed E-state index contributed by atoms with van der Waals surface area (Å²) in [6, 6.07) is 4.62. The molecule has 1 fully saturated rings. The summed E-state index contributed by atoms with van der Waals surface area (Å²) in [7, 11) is 0. The smallest absolute Gasteiger partial charge is 0.0372 e.